The second-order valence-electron chi connectivity index (χ2n) is 6.55. The number of ether oxygens (including phenoxy) is 1. The van der Waals surface area contributed by atoms with Crippen LogP contribution in [0.2, 0.25) is 0 Å². The summed E-state index contributed by atoms with van der Waals surface area (Å²) in [6.45, 7) is 8.51. The van der Waals surface area contributed by atoms with E-state index in [0.717, 1.165) is 19.3 Å². The Morgan fingerprint density at radius 1 is 1.36 bits per heavy atom. The zero-order valence-corrected chi connectivity index (χ0v) is 15.5. The SMILES string of the molecule is CCOC(=O)N1CCC(NC(N)=NCCc2ccc(C)cc2C)CC1. The molecule has 1 aliphatic rings. The molecule has 0 aliphatic carbocycles. The maximum Gasteiger partial charge on any atom is 0.409 e. The average molecular weight is 346 g/mol. The third-order valence-electron chi connectivity index (χ3n) is 4.53. The highest BCUT2D eigenvalue weighted by Crippen LogP contribution is 2.12. The Bertz CT molecular complexity index is 607. The van der Waals surface area contributed by atoms with Crippen molar-refractivity contribution in [1.29, 1.82) is 0 Å². The van der Waals surface area contributed by atoms with Crippen molar-refractivity contribution in [3.8, 4) is 0 Å². The van der Waals surface area contributed by atoms with Gasteiger partial charge in [-0.25, -0.2) is 4.79 Å². The van der Waals surface area contributed by atoms with E-state index >= 15 is 0 Å². The van der Waals surface area contributed by atoms with Gasteiger partial charge in [-0.1, -0.05) is 23.8 Å². The van der Waals surface area contributed by atoms with Crippen LogP contribution >= 0.6 is 0 Å². The summed E-state index contributed by atoms with van der Waals surface area (Å²) in [4.78, 5) is 17.9. The first-order valence-electron chi connectivity index (χ1n) is 9.04. The fourth-order valence-electron chi connectivity index (χ4n) is 3.10. The van der Waals surface area contributed by atoms with Gasteiger partial charge in [-0.15, -0.1) is 0 Å². The van der Waals surface area contributed by atoms with Crippen LogP contribution in [0.15, 0.2) is 23.2 Å². The maximum atomic E-state index is 11.7. The first-order chi connectivity index (χ1) is 12.0. The number of guanidine groups is 1. The number of nitrogens with one attached hydrogen (secondary N) is 1. The van der Waals surface area contributed by atoms with Crippen LogP contribution < -0.4 is 11.1 Å². The molecule has 0 saturated carbocycles. The number of aryl methyl sites for hydroxylation is 2. The smallest absolute Gasteiger partial charge is 0.409 e. The lowest BCUT2D eigenvalue weighted by Crippen LogP contribution is -2.48. The molecule has 1 aromatic rings. The number of aliphatic imine (C=N–C) groups is 1. The number of carbonyl (C=O) groups excluding carboxylic acids is 1. The number of carbonyl (C=O) groups is 1. The van der Waals surface area contributed by atoms with Gasteiger partial charge in [0, 0.05) is 25.7 Å². The average Bonchev–Trinajstić information content (AvgIpc) is 2.57. The first kappa shape index (κ1) is 19.1. The van der Waals surface area contributed by atoms with Gasteiger partial charge in [-0.05, 0) is 51.2 Å². The molecule has 1 aromatic carbocycles. The molecule has 0 atom stereocenters. The van der Waals surface area contributed by atoms with Crippen LogP contribution in [0, 0.1) is 13.8 Å². The normalized spacial score (nSPS) is 16.0. The molecular weight excluding hydrogens is 316 g/mol. The highest BCUT2D eigenvalue weighted by Gasteiger charge is 2.23. The minimum Gasteiger partial charge on any atom is -0.450 e. The largest absolute Gasteiger partial charge is 0.450 e. The molecule has 1 fully saturated rings. The van der Waals surface area contributed by atoms with E-state index in [2.05, 4.69) is 42.4 Å². The summed E-state index contributed by atoms with van der Waals surface area (Å²) in [5.41, 5.74) is 9.89. The monoisotopic (exact) mass is 346 g/mol. The fourth-order valence-corrected chi connectivity index (χ4v) is 3.10. The van der Waals surface area contributed by atoms with Crippen LogP contribution in [0.3, 0.4) is 0 Å². The van der Waals surface area contributed by atoms with Gasteiger partial charge in [0.15, 0.2) is 5.96 Å². The summed E-state index contributed by atoms with van der Waals surface area (Å²) >= 11 is 0. The van der Waals surface area contributed by atoms with Crippen molar-refractivity contribution in [2.45, 2.75) is 46.1 Å². The van der Waals surface area contributed by atoms with Crippen LogP contribution in [-0.2, 0) is 11.2 Å². The lowest BCUT2D eigenvalue weighted by Gasteiger charge is -2.31. The molecule has 25 heavy (non-hydrogen) atoms. The fraction of sp³-hybridized carbons (Fsp3) is 0.579. The zero-order valence-electron chi connectivity index (χ0n) is 15.5. The van der Waals surface area contributed by atoms with Crippen molar-refractivity contribution in [2.24, 2.45) is 10.7 Å². The number of nitrogens with zero attached hydrogens (tertiary/aromatic N) is 2. The molecule has 0 aromatic heterocycles. The van der Waals surface area contributed by atoms with Gasteiger partial charge in [0.1, 0.15) is 0 Å². The number of likely N-dealkylation sites (tertiary alicyclic amines) is 1. The van der Waals surface area contributed by atoms with E-state index in [0.29, 0.717) is 32.2 Å². The predicted octanol–water partition coefficient (Wildman–Crippen LogP) is 2.37. The summed E-state index contributed by atoms with van der Waals surface area (Å²) in [5, 5.41) is 3.27. The molecule has 3 N–H and O–H groups in total. The molecule has 0 unspecified atom stereocenters. The van der Waals surface area contributed by atoms with Crippen LogP contribution in [0.25, 0.3) is 0 Å². The van der Waals surface area contributed by atoms with E-state index in [-0.39, 0.29) is 12.1 Å². The zero-order chi connectivity index (χ0) is 18.2. The van der Waals surface area contributed by atoms with Gasteiger partial charge < -0.3 is 20.7 Å². The maximum absolute atomic E-state index is 11.7. The highest BCUT2D eigenvalue weighted by molar-refractivity contribution is 5.78. The van der Waals surface area contributed by atoms with Gasteiger partial charge in [0.05, 0.1) is 6.61 Å². The summed E-state index contributed by atoms with van der Waals surface area (Å²) in [6.07, 6.45) is 2.37. The molecule has 1 heterocycles. The summed E-state index contributed by atoms with van der Waals surface area (Å²) in [5.74, 6) is 0.486. The van der Waals surface area contributed by atoms with E-state index in [4.69, 9.17) is 10.5 Å². The van der Waals surface area contributed by atoms with E-state index in [1.807, 2.05) is 6.92 Å². The Balaban J connectivity index is 1.74. The van der Waals surface area contributed by atoms with Crippen molar-refractivity contribution in [3.63, 3.8) is 0 Å². The Kier molecular flexibility index (Phi) is 7.10. The minimum absolute atomic E-state index is 0.226. The molecule has 6 nitrogen and oxygen atoms in total. The number of piperidine rings is 1. The topological polar surface area (TPSA) is 80.0 Å². The van der Waals surface area contributed by atoms with Crippen molar-refractivity contribution in [1.82, 2.24) is 10.2 Å². The molecule has 1 aliphatic heterocycles. The molecule has 0 bridgehead atoms. The van der Waals surface area contributed by atoms with E-state index < -0.39 is 0 Å². The van der Waals surface area contributed by atoms with E-state index in [1.54, 1.807) is 4.90 Å². The second-order valence-corrected chi connectivity index (χ2v) is 6.55. The number of nitrogens with two attached hydrogens (primary N) is 1. The number of rotatable bonds is 5. The third-order valence-corrected chi connectivity index (χ3v) is 4.53. The molecular formula is C19H30N4O2. The molecule has 0 radical (unpaired) electrons. The number of hydrogen-bond donors (Lipinski definition) is 2. The lowest BCUT2D eigenvalue weighted by molar-refractivity contribution is 0.0963. The Labute approximate surface area is 150 Å². The highest BCUT2D eigenvalue weighted by atomic mass is 16.6. The first-order valence-corrected chi connectivity index (χ1v) is 9.04. The molecule has 1 amide bonds. The molecule has 0 spiro atoms. The number of amides is 1. The van der Waals surface area contributed by atoms with Gasteiger partial charge in [-0.2, -0.15) is 0 Å². The van der Waals surface area contributed by atoms with Crippen molar-refractivity contribution in [2.75, 3.05) is 26.2 Å². The standard InChI is InChI=1S/C19H30N4O2/c1-4-25-19(24)23-11-8-17(9-12-23)22-18(20)21-10-7-16-6-5-14(2)13-15(16)3/h5-6,13,17H,4,7-12H2,1-3H3,(H3,20,21,22). The van der Waals surface area contributed by atoms with E-state index in [1.165, 1.54) is 16.7 Å². The van der Waals surface area contributed by atoms with Crippen molar-refractivity contribution >= 4 is 12.1 Å². The third kappa shape index (κ3) is 5.96. The van der Waals surface area contributed by atoms with E-state index in [9.17, 15) is 4.79 Å². The van der Waals surface area contributed by atoms with Crippen LogP contribution in [-0.4, -0.2) is 49.2 Å². The number of hydrogen-bond acceptors (Lipinski definition) is 3. The Morgan fingerprint density at radius 3 is 2.72 bits per heavy atom. The van der Waals surface area contributed by atoms with Gasteiger partial charge in [-0.3, -0.25) is 4.99 Å². The van der Waals surface area contributed by atoms with Crippen molar-refractivity contribution in [3.05, 3.63) is 34.9 Å². The van der Waals surface area contributed by atoms with Crippen LogP contribution in [0.5, 0.6) is 0 Å². The van der Waals surface area contributed by atoms with Crippen molar-refractivity contribution < 1.29 is 9.53 Å². The van der Waals surface area contributed by atoms with Crippen LogP contribution in [0.4, 0.5) is 4.79 Å². The van der Waals surface area contributed by atoms with Crippen LogP contribution in [0.1, 0.15) is 36.5 Å². The van der Waals surface area contributed by atoms with Gasteiger partial charge in [0.2, 0.25) is 0 Å². The van der Waals surface area contributed by atoms with Gasteiger partial charge in [0.25, 0.3) is 0 Å². The Morgan fingerprint density at radius 2 is 2.08 bits per heavy atom. The molecule has 1 saturated heterocycles. The minimum atomic E-state index is -0.226. The predicted molar refractivity (Wildman–Crippen MR) is 101 cm³/mol. The van der Waals surface area contributed by atoms with Gasteiger partial charge >= 0.3 is 6.09 Å². The summed E-state index contributed by atoms with van der Waals surface area (Å²) in [6, 6.07) is 6.74. The number of benzene rings is 1. The summed E-state index contributed by atoms with van der Waals surface area (Å²) < 4.78 is 5.03. The molecule has 2 rings (SSSR count). The second kappa shape index (κ2) is 9.30. The summed E-state index contributed by atoms with van der Waals surface area (Å²) in [7, 11) is 0. The quantitative estimate of drug-likeness (QED) is 0.634. The Hall–Kier alpha value is -2.24. The molecule has 6 heteroatoms. The lowest BCUT2D eigenvalue weighted by atomic mass is 10.0. The molecule has 138 valence electrons.